The van der Waals surface area contributed by atoms with Gasteiger partial charge in [-0.3, -0.25) is 4.68 Å². The molecule has 108 valence electrons. The molecular formula is C12H21N3O4. The molecule has 1 heterocycles. The topological polar surface area (TPSA) is 96.6 Å². The van der Waals surface area contributed by atoms with E-state index in [2.05, 4.69) is 10.4 Å². The Hall–Kier alpha value is -1.44. The summed E-state index contributed by atoms with van der Waals surface area (Å²) < 4.78 is 6.52. The molecule has 0 aliphatic carbocycles. The lowest BCUT2D eigenvalue weighted by Gasteiger charge is -2.20. The summed E-state index contributed by atoms with van der Waals surface area (Å²) in [5.74, 6) is -0.415. The summed E-state index contributed by atoms with van der Waals surface area (Å²) in [6.45, 7) is 3.79. The van der Waals surface area contributed by atoms with Crippen molar-refractivity contribution in [3.05, 3.63) is 17.5 Å². The van der Waals surface area contributed by atoms with Crippen LogP contribution in [0.25, 0.3) is 0 Å². The zero-order valence-corrected chi connectivity index (χ0v) is 11.5. The van der Waals surface area contributed by atoms with E-state index in [0.29, 0.717) is 24.4 Å². The van der Waals surface area contributed by atoms with Crippen molar-refractivity contribution in [2.75, 3.05) is 19.8 Å². The zero-order valence-electron chi connectivity index (χ0n) is 11.5. The van der Waals surface area contributed by atoms with Crippen molar-refractivity contribution in [2.24, 2.45) is 7.05 Å². The smallest absolute Gasteiger partial charge is 0.341 e. The molecule has 0 aliphatic heterocycles. The van der Waals surface area contributed by atoms with Gasteiger partial charge in [0.25, 0.3) is 0 Å². The lowest BCUT2D eigenvalue weighted by Crippen LogP contribution is -2.41. The Morgan fingerprint density at radius 1 is 1.63 bits per heavy atom. The average Bonchev–Trinajstić information content (AvgIpc) is 2.71. The highest BCUT2D eigenvalue weighted by Gasteiger charge is 2.20. The lowest BCUT2D eigenvalue weighted by molar-refractivity contribution is 0.00242. The lowest BCUT2D eigenvalue weighted by atomic mass is 10.1. The maximum Gasteiger partial charge on any atom is 0.341 e. The number of aryl methyl sites for hydroxylation is 1. The number of carbonyl (C=O) groups excluding carboxylic acids is 1. The van der Waals surface area contributed by atoms with Crippen LogP contribution in [0.15, 0.2) is 6.20 Å². The number of nitrogens with one attached hydrogen (secondary N) is 1. The van der Waals surface area contributed by atoms with Gasteiger partial charge in [-0.25, -0.2) is 4.79 Å². The number of aromatic nitrogens is 2. The third-order valence-corrected chi connectivity index (χ3v) is 2.70. The van der Waals surface area contributed by atoms with Crippen LogP contribution in [-0.4, -0.2) is 51.3 Å². The van der Waals surface area contributed by atoms with Gasteiger partial charge in [-0.05, 0) is 13.8 Å². The SMILES string of the molecule is CCOC(=O)c1cnn(C)c1CNCC(C)(O)CO. The summed E-state index contributed by atoms with van der Waals surface area (Å²) in [4.78, 5) is 11.7. The number of rotatable bonds is 7. The van der Waals surface area contributed by atoms with Gasteiger partial charge in [0.2, 0.25) is 0 Å². The van der Waals surface area contributed by atoms with Crippen molar-refractivity contribution in [1.29, 1.82) is 0 Å². The van der Waals surface area contributed by atoms with Crippen LogP contribution in [0.5, 0.6) is 0 Å². The molecule has 7 heteroatoms. The molecule has 0 amide bonds. The molecule has 0 aliphatic rings. The number of ether oxygens (including phenoxy) is 1. The van der Waals surface area contributed by atoms with Crippen molar-refractivity contribution in [2.45, 2.75) is 26.0 Å². The van der Waals surface area contributed by atoms with Crippen molar-refractivity contribution < 1.29 is 19.7 Å². The number of aliphatic hydroxyl groups excluding tert-OH is 1. The van der Waals surface area contributed by atoms with E-state index in [0.717, 1.165) is 0 Å². The molecule has 7 nitrogen and oxygen atoms in total. The number of esters is 1. The van der Waals surface area contributed by atoms with Gasteiger partial charge in [0, 0.05) is 20.1 Å². The maximum atomic E-state index is 11.7. The Bertz CT molecular complexity index is 429. The highest BCUT2D eigenvalue weighted by Crippen LogP contribution is 2.09. The molecule has 19 heavy (non-hydrogen) atoms. The van der Waals surface area contributed by atoms with Crippen LogP contribution >= 0.6 is 0 Å². The molecule has 1 atom stereocenters. The van der Waals surface area contributed by atoms with Crippen molar-refractivity contribution in [3.8, 4) is 0 Å². The van der Waals surface area contributed by atoms with E-state index in [1.54, 1.807) is 18.7 Å². The van der Waals surface area contributed by atoms with Crippen molar-refractivity contribution in [1.82, 2.24) is 15.1 Å². The van der Waals surface area contributed by atoms with Crippen LogP contribution in [0.1, 0.15) is 29.9 Å². The number of nitrogens with zero attached hydrogens (tertiary/aromatic N) is 2. The summed E-state index contributed by atoms with van der Waals surface area (Å²) in [5, 5.41) is 25.6. The van der Waals surface area contributed by atoms with E-state index in [4.69, 9.17) is 9.84 Å². The van der Waals surface area contributed by atoms with Gasteiger partial charge in [0.1, 0.15) is 5.56 Å². The van der Waals surface area contributed by atoms with Crippen LogP contribution in [0.4, 0.5) is 0 Å². The van der Waals surface area contributed by atoms with Gasteiger partial charge in [-0.1, -0.05) is 0 Å². The minimum atomic E-state index is -1.19. The second-order valence-electron chi connectivity index (χ2n) is 4.61. The average molecular weight is 271 g/mol. The minimum absolute atomic E-state index is 0.205. The largest absolute Gasteiger partial charge is 0.462 e. The fourth-order valence-electron chi connectivity index (χ4n) is 1.56. The van der Waals surface area contributed by atoms with Gasteiger partial charge in [0.05, 0.1) is 30.7 Å². The second kappa shape index (κ2) is 6.65. The summed E-state index contributed by atoms with van der Waals surface area (Å²) in [6, 6.07) is 0. The third kappa shape index (κ3) is 4.30. The van der Waals surface area contributed by atoms with Crippen LogP contribution in [0.3, 0.4) is 0 Å². The summed E-state index contributed by atoms with van der Waals surface area (Å²) in [6.07, 6.45) is 1.46. The molecule has 0 fully saturated rings. The first-order valence-electron chi connectivity index (χ1n) is 6.13. The molecule has 0 radical (unpaired) electrons. The van der Waals surface area contributed by atoms with Crippen LogP contribution in [-0.2, 0) is 18.3 Å². The highest BCUT2D eigenvalue weighted by atomic mass is 16.5. The maximum absolute atomic E-state index is 11.7. The quantitative estimate of drug-likeness (QED) is 0.575. The molecular weight excluding hydrogens is 250 g/mol. The standard InChI is InChI=1S/C12H21N3O4/c1-4-19-11(17)9-5-14-15(3)10(9)6-13-7-12(2,18)8-16/h5,13,16,18H,4,6-8H2,1-3H3. The van der Waals surface area contributed by atoms with E-state index in [1.807, 2.05) is 0 Å². The predicted octanol–water partition coefficient (Wildman–Crippen LogP) is -0.570. The van der Waals surface area contributed by atoms with Gasteiger partial charge in [0.15, 0.2) is 0 Å². The third-order valence-electron chi connectivity index (χ3n) is 2.70. The fraction of sp³-hybridized carbons (Fsp3) is 0.667. The Labute approximate surface area is 112 Å². The van der Waals surface area contributed by atoms with Crippen molar-refractivity contribution >= 4 is 5.97 Å². The monoisotopic (exact) mass is 271 g/mol. The molecule has 1 unspecified atom stereocenters. The van der Waals surface area contributed by atoms with E-state index in [-0.39, 0.29) is 13.2 Å². The fourth-order valence-corrected chi connectivity index (χ4v) is 1.56. The molecule has 1 aromatic heterocycles. The molecule has 0 bridgehead atoms. The Kier molecular flexibility index (Phi) is 5.46. The number of carbonyl (C=O) groups is 1. The van der Waals surface area contributed by atoms with Crippen molar-refractivity contribution in [3.63, 3.8) is 0 Å². The number of hydrogen-bond acceptors (Lipinski definition) is 6. The second-order valence-corrected chi connectivity index (χ2v) is 4.61. The molecule has 0 spiro atoms. The minimum Gasteiger partial charge on any atom is -0.462 e. The summed E-state index contributed by atoms with van der Waals surface area (Å²) >= 11 is 0. The Morgan fingerprint density at radius 2 is 2.32 bits per heavy atom. The van der Waals surface area contributed by atoms with E-state index < -0.39 is 11.6 Å². The normalized spacial score (nSPS) is 14.2. The van der Waals surface area contributed by atoms with Crippen LogP contribution in [0, 0.1) is 0 Å². The van der Waals surface area contributed by atoms with Crippen LogP contribution < -0.4 is 5.32 Å². The van der Waals surface area contributed by atoms with E-state index in [1.165, 1.54) is 13.1 Å². The molecule has 0 saturated heterocycles. The zero-order chi connectivity index (χ0) is 14.5. The number of hydrogen-bond donors (Lipinski definition) is 3. The summed E-state index contributed by atoms with van der Waals surface area (Å²) in [5.41, 5.74) is -0.115. The van der Waals surface area contributed by atoms with E-state index >= 15 is 0 Å². The van der Waals surface area contributed by atoms with Crippen LogP contribution in [0.2, 0.25) is 0 Å². The highest BCUT2D eigenvalue weighted by molar-refractivity contribution is 5.90. The van der Waals surface area contributed by atoms with Gasteiger partial charge < -0.3 is 20.3 Å². The van der Waals surface area contributed by atoms with Gasteiger partial charge in [-0.15, -0.1) is 0 Å². The van der Waals surface area contributed by atoms with Gasteiger partial charge in [-0.2, -0.15) is 5.10 Å². The molecule has 3 N–H and O–H groups in total. The first kappa shape index (κ1) is 15.6. The Morgan fingerprint density at radius 3 is 2.89 bits per heavy atom. The molecule has 1 rings (SSSR count). The Balaban J connectivity index is 2.68. The molecule has 0 saturated carbocycles. The first-order chi connectivity index (χ1) is 8.91. The van der Waals surface area contributed by atoms with Gasteiger partial charge >= 0.3 is 5.97 Å². The van der Waals surface area contributed by atoms with E-state index in [9.17, 15) is 9.90 Å². The molecule has 1 aromatic rings. The first-order valence-corrected chi connectivity index (χ1v) is 6.13. The summed E-state index contributed by atoms with van der Waals surface area (Å²) in [7, 11) is 1.73. The predicted molar refractivity (Wildman–Crippen MR) is 68.6 cm³/mol. The number of aliphatic hydroxyl groups is 2. The molecule has 0 aromatic carbocycles.